The van der Waals surface area contributed by atoms with Crippen molar-refractivity contribution in [1.29, 1.82) is 0 Å². The number of halogens is 1. The molecule has 1 aliphatic carbocycles. The monoisotopic (exact) mass is 374 g/mol. The Hall–Kier alpha value is -2.45. The predicted octanol–water partition coefficient (Wildman–Crippen LogP) is 2.74. The van der Waals surface area contributed by atoms with Gasteiger partial charge in [0, 0.05) is 43.2 Å². The summed E-state index contributed by atoms with van der Waals surface area (Å²) in [5.41, 5.74) is 3.30. The highest BCUT2D eigenvalue weighted by molar-refractivity contribution is 5.92. The average molecular weight is 374 g/mol. The van der Waals surface area contributed by atoms with E-state index in [2.05, 4.69) is 22.3 Å². The van der Waals surface area contributed by atoms with Gasteiger partial charge in [-0.3, -0.25) is 20.4 Å². The third-order valence-corrected chi connectivity index (χ3v) is 5.31. The summed E-state index contributed by atoms with van der Waals surface area (Å²) in [4.78, 5) is 14.5. The Balaban J connectivity index is 1.37. The van der Waals surface area contributed by atoms with Gasteiger partial charge < -0.3 is 9.84 Å². The van der Waals surface area contributed by atoms with Gasteiger partial charge in [0.2, 0.25) is 0 Å². The first-order valence-corrected chi connectivity index (χ1v) is 9.22. The maximum absolute atomic E-state index is 14.0. The topological polar surface area (TPSA) is 90.6 Å². The van der Waals surface area contributed by atoms with E-state index in [4.69, 9.17) is 9.73 Å². The molecule has 0 radical (unpaired) electrons. The third-order valence-electron chi connectivity index (χ3n) is 5.31. The summed E-state index contributed by atoms with van der Waals surface area (Å²) in [6, 6.07) is 6.07. The molecule has 2 aliphatic rings. The molecule has 1 saturated heterocycles. The molecule has 1 aromatic carbocycles. The van der Waals surface area contributed by atoms with Gasteiger partial charge in [-0.1, -0.05) is 12.1 Å². The fourth-order valence-electron chi connectivity index (χ4n) is 3.59. The van der Waals surface area contributed by atoms with Crippen LogP contribution in [-0.4, -0.2) is 40.3 Å². The third kappa shape index (κ3) is 3.96. The summed E-state index contributed by atoms with van der Waals surface area (Å²) in [5, 5.41) is 15.9. The summed E-state index contributed by atoms with van der Waals surface area (Å²) in [7, 11) is 0. The number of amides is 1. The van der Waals surface area contributed by atoms with E-state index in [9.17, 15) is 9.18 Å². The Morgan fingerprint density at radius 2 is 2.19 bits per heavy atom. The molecule has 144 valence electrons. The van der Waals surface area contributed by atoms with Crippen LogP contribution in [0, 0.1) is 11.7 Å². The van der Waals surface area contributed by atoms with E-state index in [1.165, 1.54) is 12.1 Å². The van der Waals surface area contributed by atoms with Crippen LogP contribution in [-0.2, 0) is 6.54 Å². The Kier molecular flexibility index (Phi) is 4.84. The van der Waals surface area contributed by atoms with Crippen LogP contribution in [0.2, 0.25) is 0 Å². The Bertz CT molecular complexity index is 836. The normalized spacial score (nSPS) is 22.8. The fourth-order valence-corrected chi connectivity index (χ4v) is 3.59. The molecule has 1 saturated carbocycles. The highest BCUT2D eigenvalue weighted by atomic mass is 19.1. The van der Waals surface area contributed by atoms with Crippen molar-refractivity contribution in [1.82, 2.24) is 15.4 Å². The van der Waals surface area contributed by atoms with Gasteiger partial charge in [-0.25, -0.2) is 4.39 Å². The molecular formula is C19H23FN4O3. The number of nitrogens with zero attached hydrogens (tertiary/aromatic N) is 2. The average Bonchev–Trinajstić information content (AvgIpc) is 3.28. The minimum Gasteiger partial charge on any atom is -0.360 e. The van der Waals surface area contributed by atoms with Gasteiger partial charge in [0.05, 0.1) is 5.69 Å². The number of rotatable bonds is 6. The Morgan fingerprint density at radius 1 is 1.37 bits per heavy atom. The van der Waals surface area contributed by atoms with Crippen molar-refractivity contribution in [3.8, 4) is 0 Å². The molecule has 2 atom stereocenters. The van der Waals surface area contributed by atoms with Crippen molar-refractivity contribution in [3.05, 3.63) is 47.1 Å². The van der Waals surface area contributed by atoms with Crippen molar-refractivity contribution < 1.29 is 18.9 Å². The number of benzene rings is 1. The summed E-state index contributed by atoms with van der Waals surface area (Å²) < 4.78 is 19.3. The van der Waals surface area contributed by atoms with Crippen LogP contribution in [0.5, 0.6) is 0 Å². The molecule has 2 aromatic rings. The highest BCUT2D eigenvalue weighted by Crippen LogP contribution is 2.40. The zero-order valence-corrected chi connectivity index (χ0v) is 15.1. The van der Waals surface area contributed by atoms with Crippen molar-refractivity contribution >= 4 is 11.6 Å². The molecule has 7 nitrogen and oxygen atoms in total. The van der Waals surface area contributed by atoms with Crippen molar-refractivity contribution in [2.75, 3.05) is 18.6 Å². The molecule has 0 spiro atoms. The number of likely N-dealkylation sites (tertiary alicyclic amines) is 1. The SMILES string of the molecule is CC1CN(Cc2cc(NO)ccc2F)CC1NC(=O)c1cc(C2CC2)on1. The molecule has 2 unspecified atom stereocenters. The lowest BCUT2D eigenvalue weighted by Gasteiger charge is -2.17. The Labute approximate surface area is 156 Å². The largest absolute Gasteiger partial charge is 0.360 e. The van der Waals surface area contributed by atoms with Gasteiger partial charge in [0.15, 0.2) is 5.69 Å². The predicted molar refractivity (Wildman–Crippen MR) is 96.0 cm³/mol. The maximum Gasteiger partial charge on any atom is 0.273 e. The van der Waals surface area contributed by atoms with Crippen molar-refractivity contribution in [3.63, 3.8) is 0 Å². The van der Waals surface area contributed by atoms with Crippen LogP contribution < -0.4 is 10.8 Å². The molecule has 1 aromatic heterocycles. The lowest BCUT2D eigenvalue weighted by atomic mass is 10.1. The van der Waals surface area contributed by atoms with Crippen molar-refractivity contribution in [2.45, 2.75) is 38.3 Å². The molecule has 1 aliphatic heterocycles. The summed E-state index contributed by atoms with van der Waals surface area (Å²) >= 11 is 0. The molecular weight excluding hydrogens is 351 g/mol. The first-order valence-electron chi connectivity index (χ1n) is 9.22. The summed E-state index contributed by atoms with van der Waals surface area (Å²) in [5.74, 6) is 0.880. The first kappa shape index (κ1) is 17.9. The Morgan fingerprint density at radius 3 is 2.93 bits per heavy atom. The first-order chi connectivity index (χ1) is 13.0. The smallest absolute Gasteiger partial charge is 0.273 e. The quantitative estimate of drug-likeness (QED) is 0.674. The fraction of sp³-hybridized carbons (Fsp3) is 0.474. The molecule has 27 heavy (non-hydrogen) atoms. The van der Waals surface area contributed by atoms with Crippen LogP contribution in [0.4, 0.5) is 10.1 Å². The minimum absolute atomic E-state index is 0.0409. The van der Waals surface area contributed by atoms with E-state index < -0.39 is 0 Å². The number of aromatic nitrogens is 1. The molecule has 0 bridgehead atoms. The highest BCUT2D eigenvalue weighted by Gasteiger charge is 2.33. The van der Waals surface area contributed by atoms with Crippen LogP contribution >= 0.6 is 0 Å². The summed E-state index contributed by atoms with van der Waals surface area (Å²) in [6.45, 7) is 3.84. The van der Waals surface area contributed by atoms with Crippen LogP contribution in [0.3, 0.4) is 0 Å². The lowest BCUT2D eigenvalue weighted by molar-refractivity contribution is 0.0922. The minimum atomic E-state index is -0.315. The molecule has 3 N–H and O–H groups in total. The number of hydrogen-bond acceptors (Lipinski definition) is 6. The van der Waals surface area contributed by atoms with E-state index in [1.54, 1.807) is 12.1 Å². The van der Waals surface area contributed by atoms with E-state index >= 15 is 0 Å². The lowest BCUT2D eigenvalue weighted by Crippen LogP contribution is -2.40. The van der Waals surface area contributed by atoms with Gasteiger partial charge in [-0.15, -0.1) is 0 Å². The molecule has 8 heteroatoms. The number of anilines is 1. The van der Waals surface area contributed by atoms with Crippen LogP contribution in [0.15, 0.2) is 28.8 Å². The van der Waals surface area contributed by atoms with Crippen LogP contribution in [0.1, 0.15) is 47.5 Å². The van der Waals surface area contributed by atoms with Gasteiger partial charge in [-0.05, 0) is 37.0 Å². The molecule has 2 heterocycles. The molecule has 4 rings (SSSR count). The van der Waals surface area contributed by atoms with Crippen molar-refractivity contribution in [2.24, 2.45) is 5.92 Å². The van der Waals surface area contributed by atoms with E-state index in [0.717, 1.165) is 25.1 Å². The van der Waals surface area contributed by atoms with E-state index in [-0.39, 0.29) is 23.7 Å². The van der Waals surface area contributed by atoms with Gasteiger partial charge in [-0.2, -0.15) is 0 Å². The zero-order chi connectivity index (χ0) is 19.0. The second-order valence-corrected chi connectivity index (χ2v) is 7.56. The number of carbonyl (C=O) groups is 1. The number of carbonyl (C=O) groups excluding carboxylic acids is 1. The molecule has 1 amide bonds. The second kappa shape index (κ2) is 7.28. The molecule has 2 fully saturated rings. The van der Waals surface area contributed by atoms with Crippen LogP contribution in [0.25, 0.3) is 0 Å². The zero-order valence-electron chi connectivity index (χ0n) is 15.1. The number of hydrogen-bond donors (Lipinski definition) is 3. The number of nitrogens with one attached hydrogen (secondary N) is 2. The van der Waals surface area contributed by atoms with Gasteiger partial charge >= 0.3 is 0 Å². The maximum atomic E-state index is 14.0. The standard InChI is InChI=1S/C19H23FN4O3/c1-11-8-24(9-13-6-14(22-26)4-5-15(13)20)10-17(11)21-19(25)16-7-18(27-23-16)12-2-3-12/h4-7,11-12,17,22,26H,2-3,8-10H2,1H3,(H,21,25). The van der Waals surface area contributed by atoms with Gasteiger partial charge in [0.1, 0.15) is 11.6 Å². The summed E-state index contributed by atoms with van der Waals surface area (Å²) in [6.07, 6.45) is 2.18. The van der Waals surface area contributed by atoms with E-state index in [0.29, 0.717) is 36.0 Å². The van der Waals surface area contributed by atoms with E-state index in [1.807, 2.05) is 5.48 Å². The van der Waals surface area contributed by atoms with Gasteiger partial charge in [0.25, 0.3) is 5.91 Å². The second-order valence-electron chi connectivity index (χ2n) is 7.56.